The second-order valence-electron chi connectivity index (χ2n) is 9.75. The molecule has 1 saturated carbocycles. The molecule has 2 atom stereocenters. The van der Waals surface area contributed by atoms with Crippen molar-refractivity contribution in [3.63, 3.8) is 0 Å². The lowest BCUT2D eigenvalue weighted by atomic mass is 9.88. The van der Waals surface area contributed by atoms with Crippen molar-refractivity contribution in [1.82, 2.24) is 20.2 Å². The molecule has 1 aliphatic heterocycles. The van der Waals surface area contributed by atoms with Gasteiger partial charge in [-0.05, 0) is 58.8 Å². The van der Waals surface area contributed by atoms with Gasteiger partial charge in [-0.15, -0.1) is 0 Å². The maximum Gasteiger partial charge on any atom is 0.410 e. The van der Waals surface area contributed by atoms with Crippen LogP contribution < -0.4 is 10.6 Å². The number of aliphatic hydroxyl groups excluding tert-OH is 1. The number of aromatic nitrogens is 2. The van der Waals surface area contributed by atoms with Gasteiger partial charge < -0.3 is 30.1 Å². The Morgan fingerprint density at radius 1 is 1.24 bits per heavy atom. The number of alkyl halides is 2. The van der Waals surface area contributed by atoms with Crippen LogP contribution in [0.25, 0.3) is 0 Å². The Kier molecular flexibility index (Phi) is 10.5. The number of anilines is 1. The monoisotopic (exact) mass is 526 g/mol. The van der Waals surface area contributed by atoms with Gasteiger partial charge >= 0.3 is 12.7 Å². The number of halogens is 2. The Balaban J connectivity index is 1.71. The summed E-state index contributed by atoms with van der Waals surface area (Å²) in [6, 6.07) is -0.784. The fourth-order valence-electron chi connectivity index (χ4n) is 4.19. The molecule has 2 aliphatic rings. The van der Waals surface area contributed by atoms with E-state index in [-0.39, 0.29) is 48.1 Å². The Bertz CT molecular complexity index is 942. The molecular formula is C24H36F2N6O5. The van der Waals surface area contributed by atoms with Crippen molar-refractivity contribution in [2.24, 2.45) is 10.9 Å². The molecule has 2 heterocycles. The predicted molar refractivity (Wildman–Crippen MR) is 132 cm³/mol. The molecule has 13 heteroatoms. The number of hydrogen-bond acceptors (Lipinski definition) is 9. The van der Waals surface area contributed by atoms with E-state index in [1.165, 1.54) is 6.20 Å². The van der Waals surface area contributed by atoms with Gasteiger partial charge in [-0.3, -0.25) is 4.79 Å². The number of ether oxygens (including phenoxy) is 2. The number of likely N-dealkylation sites (tertiary alicyclic amines) is 1. The summed E-state index contributed by atoms with van der Waals surface area (Å²) in [7, 11) is 0. The summed E-state index contributed by atoms with van der Waals surface area (Å²) in [6.45, 7) is 2.83. The van der Waals surface area contributed by atoms with Gasteiger partial charge in [-0.1, -0.05) is 0 Å². The van der Waals surface area contributed by atoms with Crippen LogP contribution in [-0.4, -0.2) is 88.8 Å². The molecule has 0 unspecified atom stereocenters. The normalized spacial score (nSPS) is 23.0. The molecule has 0 bridgehead atoms. The van der Waals surface area contributed by atoms with Gasteiger partial charge in [-0.25, -0.2) is 14.8 Å². The van der Waals surface area contributed by atoms with Crippen LogP contribution >= 0.6 is 0 Å². The Morgan fingerprint density at radius 3 is 2.65 bits per heavy atom. The second-order valence-corrected chi connectivity index (χ2v) is 9.75. The number of amides is 2. The van der Waals surface area contributed by atoms with E-state index >= 15 is 0 Å². The number of aliphatic imine (C=N–C) groups is 1. The Labute approximate surface area is 215 Å². The second kappa shape index (κ2) is 13.6. The minimum Gasteiger partial charge on any atom is -0.447 e. The molecule has 0 aromatic carbocycles. The molecule has 3 N–H and O–H groups in total. The lowest BCUT2D eigenvalue weighted by molar-refractivity contribution is -0.130. The Hall–Kier alpha value is -2.93. The molecule has 206 valence electrons. The van der Waals surface area contributed by atoms with Crippen LogP contribution in [0.15, 0.2) is 11.2 Å². The van der Waals surface area contributed by atoms with E-state index in [0.717, 1.165) is 12.8 Å². The van der Waals surface area contributed by atoms with Crippen LogP contribution in [0.3, 0.4) is 0 Å². The number of carbonyl (C=O) groups excluding carboxylic acids is 2. The number of hydrogen-bond donors (Lipinski definition) is 3. The van der Waals surface area contributed by atoms with Crippen molar-refractivity contribution < 1.29 is 33.0 Å². The first-order chi connectivity index (χ1) is 17.6. The van der Waals surface area contributed by atoms with E-state index in [0.29, 0.717) is 32.4 Å². The molecular weight excluding hydrogens is 490 g/mol. The maximum absolute atomic E-state index is 13.1. The van der Waals surface area contributed by atoms with Crippen molar-refractivity contribution in [1.29, 1.82) is 0 Å². The molecule has 1 aromatic rings. The fourth-order valence-corrected chi connectivity index (χ4v) is 4.19. The van der Waals surface area contributed by atoms with Crippen molar-refractivity contribution in [3.8, 4) is 0 Å². The van der Waals surface area contributed by atoms with Gasteiger partial charge in [0.2, 0.25) is 5.95 Å². The summed E-state index contributed by atoms with van der Waals surface area (Å²) in [4.78, 5) is 39.8. The standard InChI is InChI=1S/C24H36F2N6O5/c1-14(2)37-24(35)32-9-8-17(12-32)30-21(34)19-11-28-23(29-15(3)13-36-22(25)26)31-20(19)27-10-16-4-6-18(33)7-5-16/h10-11,14-18,22,33H,4-9,12-13H2,1-3H3,(H,30,34)(H,28,29,31)/b27-10+/t15-,16?,17-,18?/m0/s1. The van der Waals surface area contributed by atoms with E-state index < -0.39 is 24.7 Å². The average Bonchev–Trinajstić information content (AvgIpc) is 3.30. The quantitative estimate of drug-likeness (QED) is 0.396. The van der Waals surface area contributed by atoms with Crippen molar-refractivity contribution >= 4 is 30.0 Å². The van der Waals surface area contributed by atoms with Gasteiger partial charge in [0, 0.05) is 37.6 Å². The number of carbonyl (C=O) groups is 2. The summed E-state index contributed by atoms with van der Waals surface area (Å²) in [5.41, 5.74) is 0.150. The number of aliphatic hydroxyl groups is 1. The SMILES string of the molecule is CC(C)OC(=O)N1CC[C@H](NC(=O)c2cnc(N[C@@H](C)COC(F)F)nc2/N=C/C2CCC(O)CC2)C1. The van der Waals surface area contributed by atoms with Crippen molar-refractivity contribution in [2.75, 3.05) is 25.0 Å². The molecule has 3 rings (SSSR count). The first-order valence-electron chi connectivity index (χ1n) is 12.6. The van der Waals surface area contributed by atoms with Crippen LogP contribution in [0.2, 0.25) is 0 Å². The lowest BCUT2D eigenvalue weighted by Crippen LogP contribution is -2.39. The third-order valence-electron chi connectivity index (χ3n) is 6.13. The molecule has 1 aliphatic carbocycles. The molecule has 1 aromatic heterocycles. The zero-order valence-corrected chi connectivity index (χ0v) is 21.4. The van der Waals surface area contributed by atoms with E-state index in [1.54, 1.807) is 31.9 Å². The number of nitrogens with one attached hydrogen (secondary N) is 2. The third kappa shape index (κ3) is 9.15. The van der Waals surface area contributed by atoms with Gasteiger partial charge in [-0.2, -0.15) is 13.8 Å². The van der Waals surface area contributed by atoms with Crippen LogP contribution in [0.1, 0.15) is 63.2 Å². The smallest absolute Gasteiger partial charge is 0.410 e. The van der Waals surface area contributed by atoms with Gasteiger partial charge in [0.25, 0.3) is 5.91 Å². The first-order valence-corrected chi connectivity index (χ1v) is 12.6. The van der Waals surface area contributed by atoms with E-state index in [1.807, 2.05) is 0 Å². The summed E-state index contributed by atoms with van der Waals surface area (Å²) < 4.78 is 34.2. The number of nitrogens with zero attached hydrogens (tertiary/aromatic N) is 4. The summed E-state index contributed by atoms with van der Waals surface area (Å²) >= 11 is 0. The molecule has 0 spiro atoms. The highest BCUT2D eigenvalue weighted by Gasteiger charge is 2.30. The minimum absolute atomic E-state index is 0.122. The van der Waals surface area contributed by atoms with E-state index in [9.17, 15) is 23.5 Å². The predicted octanol–water partition coefficient (Wildman–Crippen LogP) is 3.12. The first kappa shape index (κ1) is 28.6. The minimum atomic E-state index is -2.89. The molecule has 1 saturated heterocycles. The average molecular weight is 527 g/mol. The van der Waals surface area contributed by atoms with Gasteiger partial charge in [0.05, 0.1) is 18.8 Å². The van der Waals surface area contributed by atoms with Crippen LogP contribution in [0.5, 0.6) is 0 Å². The summed E-state index contributed by atoms with van der Waals surface area (Å²) in [5.74, 6) is -0.0379. The topological polar surface area (TPSA) is 138 Å². The van der Waals surface area contributed by atoms with Gasteiger partial charge in [0.15, 0.2) is 5.82 Å². The highest BCUT2D eigenvalue weighted by molar-refractivity contribution is 5.98. The summed E-state index contributed by atoms with van der Waals surface area (Å²) in [6.07, 6.45) is 5.59. The van der Waals surface area contributed by atoms with E-state index in [4.69, 9.17) is 4.74 Å². The molecule has 37 heavy (non-hydrogen) atoms. The van der Waals surface area contributed by atoms with Crippen molar-refractivity contribution in [2.45, 2.75) is 83.8 Å². The fraction of sp³-hybridized carbons (Fsp3) is 0.708. The van der Waals surface area contributed by atoms with E-state index in [2.05, 4.69) is 30.3 Å². The molecule has 0 radical (unpaired) electrons. The third-order valence-corrected chi connectivity index (χ3v) is 6.13. The maximum atomic E-state index is 13.1. The molecule has 11 nitrogen and oxygen atoms in total. The van der Waals surface area contributed by atoms with Crippen LogP contribution in [0.4, 0.5) is 25.3 Å². The summed E-state index contributed by atoms with van der Waals surface area (Å²) in [5, 5.41) is 15.5. The Morgan fingerprint density at radius 2 is 1.97 bits per heavy atom. The molecule has 2 amide bonds. The van der Waals surface area contributed by atoms with Crippen LogP contribution in [-0.2, 0) is 9.47 Å². The number of rotatable bonds is 10. The molecule has 2 fully saturated rings. The zero-order chi connectivity index (χ0) is 26.9. The lowest BCUT2D eigenvalue weighted by Gasteiger charge is -2.22. The van der Waals surface area contributed by atoms with Crippen molar-refractivity contribution in [3.05, 3.63) is 11.8 Å². The highest BCUT2D eigenvalue weighted by atomic mass is 19.3. The van der Waals surface area contributed by atoms with Gasteiger partial charge in [0.1, 0.15) is 5.56 Å². The largest absolute Gasteiger partial charge is 0.447 e. The van der Waals surface area contributed by atoms with Crippen LogP contribution in [0, 0.1) is 5.92 Å². The zero-order valence-electron chi connectivity index (χ0n) is 21.4. The highest BCUT2D eigenvalue weighted by Crippen LogP contribution is 2.25.